The molecule has 0 atom stereocenters. The van der Waals surface area contributed by atoms with Gasteiger partial charge >= 0.3 is 18.3 Å². The van der Waals surface area contributed by atoms with E-state index in [0.29, 0.717) is 5.75 Å². The van der Waals surface area contributed by atoms with Crippen molar-refractivity contribution in [2.75, 3.05) is 0 Å². The summed E-state index contributed by atoms with van der Waals surface area (Å²) in [5.74, 6) is 0.322. The minimum atomic E-state index is -3.13. The molecule has 0 unspecified atom stereocenters. The van der Waals surface area contributed by atoms with Crippen LogP contribution in [0.25, 0.3) is 0 Å². The Hall–Kier alpha value is -1.75. The standard InChI is InChI=1S/C6H6O.2H2O3Si/c7-6-4-2-1-3-5-6;2*1-4(2)3/h1-5,7H;2*1-2H. The monoisotopic (exact) mass is 250 g/mol. The molecule has 1 aromatic carbocycles. The Bertz CT molecular complexity index is 269. The van der Waals surface area contributed by atoms with Crippen LogP contribution in [0.1, 0.15) is 0 Å². The topological polar surface area (TPSA) is 135 Å². The quantitative estimate of drug-likeness (QED) is 0.341. The molecule has 15 heavy (non-hydrogen) atoms. The van der Waals surface area contributed by atoms with Crippen molar-refractivity contribution < 1.29 is 33.2 Å². The Labute approximate surface area is 88.3 Å². The van der Waals surface area contributed by atoms with Crippen LogP contribution < -0.4 is 0 Å². The Morgan fingerprint density at radius 1 is 0.800 bits per heavy atom. The lowest BCUT2D eigenvalue weighted by Gasteiger charge is -1.82. The van der Waals surface area contributed by atoms with E-state index in [1.165, 1.54) is 0 Å². The molecule has 0 radical (unpaired) electrons. The van der Waals surface area contributed by atoms with Gasteiger partial charge in [0, 0.05) is 0 Å². The van der Waals surface area contributed by atoms with Crippen LogP contribution in [0.4, 0.5) is 0 Å². The molecule has 9 heteroatoms. The zero-order valence-corrected chi connectivity index (χ0v) is 9.44. The number of hydrogen-bond acceptors (Lipinski definition) is 3. The van der Waals surface area contributed by atoms with Crippen LogP contribution in [-0.4, -0.2) is 42.6 Å². The second-order valence-corrected chi connectivity index (χ2v) is 3.03. The second-order valence-electron chi connectivity index (χ2n) is 1.90. The smallest absolute Gasteiger partial charge is 0.511 e. The fraction of sp³-hybridized carbons (Fsp3) is 0. The van der Waals surface area contributed by atoms with E-state index in [4.69, 9.17) is 33.2 Å². The first-order chi connectivity index (χ1) is 6.86. The molecule has 0 aromatic heterocycles. The maximum Gasteiger partial charge on any atom is 0.761 e. The molecule has 0 aliphatic rings. The predicted octanol–water partition coefficient (Wildman–Crippen LogP) is -1.84. The lowest BCUT2D eigenvalue weighted by molar-refractivity contribution is 0.328. The van der Waals surface area contributed by atoms with Crippen molar-refractivity contribution in [3.8, 4) is 5.75 Å². The molecule has 0 fully saturated rings. The summed E-state index contributed by atoms with van der Waals surface area (Å²) in [7, 11) is -6.26. The molecule has 0 bridgehead atoms. The van der Waals surface area contributed by atoms with E-state index < -0.39 is 18.3 Å². The molecule has 0 amide bonds. The molecule has 0 saturated heterocycles. The van der Waals surface area contributed by atoms with E-state index in [9.17, 15) is 0 Å². The molecule has 0 aliphatic carbocycles. The molecule has 1 aromatic rings. The van der Waals surface area contributed by atoms with E-state index in [-0.39, 0.29) is 0 Å². The van der Waals surface area contributed by atoms with Gasteiger partial charge in [-0.05, 0) is 12.1 Å². The van der Waals surface area contributed by atoms with Gasteiger partial charge in [-0.15, -0.1) is 0 Å². The summed E-state index contributed by atoms with van der Waals surface area (Å²) in [5.41, 5.74) is 0. The summed E-state index contributed by atoms with van der Waals surface area (Å²) >= 11 is 0. The number of phenolic OH excluding ortho intramolecular Hbond substituents is 1. The number of rotatable bonds is 0. The van der Waals surface area contributed by atoms with Crippen LogP contribution in [0.2, 0.25) is 0 Å². The van der Waals surface area contributed by atoms with Crippen LogP contribution in [0, 0.1) is 0 Å². The maximum absolute atomic E-state index is 8.74. The number of benzene rings is 1. The molecule has 0 spiro atoms. The SMILES string of the molecule is O=[Si](O)O.O=[Si](O)O.Oc1ccccc1. The van der Waals surface area contributed by atoms with Crippen molar-refractivity contribution in [3.63, 3.8) is 0 Å². The average Bonchev–Trinajstić information content (AvgIpc) is 2.03. The van der Waals surface area contributed by atoms with Gasteiger partial charge in [0.1, 0.15) is 5.75 Å². The highest BCUT2D eigenvalue weighted by Gasteiger charge is 1.85. The zero-order chi connectivity index (χ0) is 12.3. The molecule has 0 saturated carbocycles. The van der Waals surface area contributed by atoms with Crippen LogP contribution in [0.5, 0.6) is 5.75 Å². The molecule has 1 rings (SSSR count). The van der Waals surface area contributed by atoms with Crippen LogP contribution >= 0.6 is 0 Å². The Morgan fingerprint density at radius 3 is 1.20 bits per heavy atom. The fourth-order valence-corrected chi connectivity index (χ4v) is 0.428. The number of para-hydroxylation sites is 1. The Balaban J connectivity index is 0. The van der Waals surface area contributed by atoms with E-state index >= 15 is 0 Å². The second kappa shape index (κ2) is 10.3. The van der Waals surface area contributed by atoms with Gasteiger partial charge in [0.25, 0.3) is 0 Å². The molecular formula is C6H10O7Si2. The van der Waals surface area contributed by atoms with Gasteiger partial charge in [-0.25, -0.2) is 0 Å². The van der Waals surface area contributed by atoms with Crippen molar-refractivity contribution in [2.45, 2.75) is 0 Å². The third-order valence-corrected chi connectivity index (χ3v) is 0.756. The Morgan fingerprint density at radius 2 is 1.07 bits per heavy atom. The first kappa shape index (κ1) is 15.7. The first-order valence-electron chi connectivity index (χ1n) is 3.44. The molecule has 84 valence electrons. The van der Waals surface area contributed by atoms with Crippen molar-refractivity contribution in [1.82, 2.24) is 0 Å². The van der Waals surface area contributed by atoms with Gasteiger partial charge in [0.2, 0.25) is 0 Å². The van der Waals surface area contributed by atoms with Crippen molar-refractivity contribution >= 4 is 18.3 Å². The Kier molecular flexibility index (Phi) is 10.8. The van der Waals surface area contributed by atoms with Crippen molar-refractivity contribution in [2.24, 2.45) is 0 Å². The third-order valence-electron chi connectivity index (χ3n) is 0.756. The summed E-state index contributed by atoms with van der Waals surface area (Å²) in [6, 6.07) is 8.71. The summed E-state index contributed by atoms with van der Waals surface area (Å²) in [6.07, 6.45) is 0. The first-order valence-corrected chi connectivity index (χ1v) is 6.04. The summed E-state index contributed by atoms with van der Waals surface area (Å²) < 4.78 is 17.5. The molecule has 7 nitrogen and oxygen atoms in total. The lowest BCUT2D eigenvalue weighted by atomic mass is 10.3. The van der Waals surface area contributed by atoms with E-state index in [0.717, 1.165) is 0 Å². The summed E-state index contributed by atoms with van der Waals surface area (Å²) in [5, 5.41) is 8.63. The van der Waals surface area contributed by atoms with E-state index in [2.05, 4.69) is 0 Å². The largest absolute Gasteiger partial charge is 0.761 e. The number of phenols is 1. The van der Waals surface area contributed by atoms with Crippen molar-refractivity contribution in [1.29, 1.82) is 0 Å². The summed E-state index contributed by atoms with van der Waals surface area (Å²) in [4.78, 5) is 28.6. The van der Waals surface area contributed by atoms with E-state index in [1.807, 2.05) is 6.07 Å². The molecular weight excluding hydrogens is 240 g/mol. The van der Waals surface area contributed by atoms with Gasteiger partial charge in [-0.3, -0.25) is 8.92 Å². The predicted molar refractivity (Wildman–Crippen MR) is 49.9 cm³/mol. The highest BCUT2D eigenvalue weighted by molar-refractivity contribution is 6.22. The fourth-order valence-electron chi connectivity index (χ4n) is 0.428. The van der Waals surface area contributed by atoms with Crippen LogP contribution in [-0.2, 0) is 8.92 Å². The molecule has 5 N–H and O–H groups in total. The van der Waals surface area contributed by atoms with Gasteiger partial charge in [0.05, 0.1) is 0 Å². The van der Waals surface area contributed by atoms with Gasteiger partial charge in [0.15, 0.2) is 0 Å². The highest BCUT2D eigenvalue weighted by Crippen LogP contribution is 2.02. The summed E-state index contributed by atoms with van der Waals surface area (Å²) in [6.45, 7) is 0. The minimum absolute atomic E-state index is 0.322. The zero-order valence-electron chi connectivity index (χ0n) is 7.44. The van der Waals surface area contributed by atoms with Gasteiger partial charge in [-0.1, -0.05) is 18.2 Å². The van der Waals surface area contributed by atoms with Gasteiger partial charge in [-0.2, -0.15) is 0 Å². The molecule has 0 aliphatic heterocycles. The van der Waals surface area contributed by atoms with Crippen LogP contribution in [0.3, 0.4) is 0 Å². The minimum Gasteiger partial charge on any atom is -0.511 e. The molecule has 0 heterocycles. The van der Waals surface area contributed by atoms with Crippen molar-refractivity contribution in [3.05, 3.63) is 30.3 Å². The normalized spacial score (nSPS) is 7.20. The number of aromatic hydroxyl groups is 1. The third kappa shape index (κ3) is 32.9. The van der Waals surface area contributed by atoms with Gasteiger partial charge < -0.3 is 24.3 Å². The van der Waals surface area contributed by atoms with Crippen LogP contribution in [0.15, 0.2) is 30.3 Å². The average molecular weight is 250 g/mol. The maximum atomic E-state index is 8.74. The number of hydrogen-bond donors (Lipinski definition) is 5. The lowest BCUT2D eigenvalue weighted by Crippen LogP contribution is -1.90. The van der Waals surface area contributed by atoms with E-state index in [1.54, 1.807) is 24.3 Å². The highest BCUT2D eigenvalue weighted by atomic mass is 28.3.